The third kappa shape index (κ3) is 3.01. The van der Waals surface area contributed by atoms with Crippen LogP contribution in [0.5, 0.6) is 5.75 Å². The first-order valence-corrected chi connectivity index (χ1v) is 8.39. The van der Waals surface area contributed by atoms with E-state index in [1.807, 2.05) is 24.3 Å². The quantitative estimate of drug-likeness (QED) is 0.531. The lowest BCUT2D eigenvalue weighted by Crippen LogP contribution is -2.11. The van der Waals surface area contributed by atoms with Crippen molar-refractivity contribution >= 4 is 5.91 Å². The van der Waals surface area contributed by atoms with Crippen molar-refractivity contribution in [1.29, 1.82) is 0 Å². The average Bonchev–Trinajstić information content (AvgIpc) is 3.18. The fourth-order valence-electron chi connectivity index (χ4n) is 3.28. The van der Waals surface area contributed by atoms with Gasteiger partial charge in [0.1, 0.15) is 5.75 Å². The van der Waals surface area contributed by atoms with E-state index in [0.717, 1.165) is 29.1 Å². The van der Waals surface area contributed by atoms with Crippen LogP contribution in [0.1, 0.15) is 24.0 Å². The monoisotopic (exact) mass is 333 g/mol. The molecule has 0 aliphatic heterocycles. The molecular weight excluding hydrogens is 314 g/mol. The molecule has 0 saturated carbocycles. The summed E-state index contributed by atoms with van der Waals surface area (Å²) in [4.78, 5) is 10.8. The van der Waals surface area contributed by atoms with Gasteiger partial charge >= 0.3 is 0 Å². The summed E-state index contributed by atoms with van der Waals surface area (Å²) in [6.45, 7) is 0.469. The molecule has 0 unspecified atom stereocenters. The number of nitrogens with two attached hydrogens (primary N) is 1. The largest absolute Gasteiger partial charge is 0.494 e. The molecule has 25 heavy (non-hydrogen) atoms. The van der Waals surface area contributed by atoms with Crippen LogP contribution in [0.3, 0.4) is 0 Å². The SMILES string of the molecule is NC(=O)CCCOc1cccc(-c2n[nH]c3c2Cc2ccccc2-3)c1. The first-order valence-electron chi connectivity index (χ1n) is 8.39. The van der Waals surface area contributed by atoms with E-state index >= 15 is 0 Å². The molecule has 126 valence electrons. The standard InChI is InChI=1S/C20H19N3O2/c21-18(24)9-4-10-25-15-7-3-6-14(11-15)19-17-12-13-5-1-2-8-16(13)20(17)23-22-19/h1-3,5-8,11H,4,9-10,12H2,(H2,21,24)(H,22,23). The number of rotatable bonds is 6. The minimum absolute atomic E-state index is 0.302. The molecule has 0 saturated heterocycles. The Morgan fingerprint density at radius 1 is 1.20 bits per heavy atom. The zero-order chi connectivity index (χ0) is 17.2. The molecule has 1 amide bonds. The van der Waals surface area contributed by atoms with Crippen molar-refractivity contribution in [2.45, 2.75) is 19.3 Å². The summed E-state index contributed by atoms with van der Waals surface area (Å²) in [5.74, 6) is 0.471. The predicted octanol–water partition coefficient (Wildman–Crippen LogP) is 3.29. The van der Waals surface area contributed by atoms with Crippen molar-refractivity contribution in [2.24, 2.45) is 5.73 Å². The molecule has 1 heterocycles. The van der Waals surface area contributed by atoms with Gasteiger partial charge < -0.3 is 10.5 Å². The second-order valence-electron chi connectivity index (χ2n) is 6.21. The van der Waals surface area contributed by atoms with Gasteiger partial charge in [0.2, 0.25) is 5.91 Å². The Kier molecular flexibility index (Phi) is 3.98. The number of amides is 1. The number of benzene rings is 2. The molecule has 1 aromatic heterocycles. The van der Waals surface area contributed by atoms with Crippen molar-refractivity contribution in [3.63, 3.8) is 0 Å². The lowest BCUT2D eigenvalue weighted by molar-refractivity contribution is -0.118. The van der Waals surface area contributed by atoms with Gasteiger partial charge in [0.05, 0.1) is 18.0 Å². The third-order valence-electron chi connectivity index (χ3n) is 4.46. The normalized spacial score (nSPS) is 11.8. The Hall–Kier alpha value is -3.08. The number of primary amides is 1. The maximum Gasteiger partial charge on any atom is 0.217 e. The topological polar surface area (TPSA) is 81.0 Å². The Morgan fingerprint density at radius 3 is 2.96 bits per heavy atom. The van der Waals surface area contributed by atoms with Crippen LogP contribution in [0.15, 0.2) is 48.5 Å². The lowest BCUT2D eigenvalue weighted by Gasteiger charge is -2.07. The zero-order valence-corrected chi connectivity index (χ0v) is 13.8. The first kappa shape index (κ1) is 15.4. The third-order valence-corrected chi connectivity index (χ3v) is 4.46. The number of hydrogen-bond donors (Lipinski definition) is 2. The van der Waals surface area contributed by atoms with E-state index in [-0.39, 0.29) is 5.91 Å². The summed E-state index contributed by atoms with van der Waals surface area (Å²) in [7, 11) is 0. The lowest BCUT2D eigenvalue weighted by atomic mass is 10.1. The molecule has 3 N–H and O–H groups in total. The van der Waals surface area contributed by atoms with Gasteiger partial charge in [0, 0.05) is 29.5 Å². The van der Waals surface area contributed by atoms with E-state index in [1.165, 1.54) is 16.7 Å². The van der Waals surface area contributed by atoms with Gasteiger partial charge in [-0.3, -0.25) is 9.89 Å². The van der Waals surface area contributed by atoms with Crippen molar-refractivity contribution in [2.75, 3.05) is 6.61 Å². The number of fused-ring (bicyclic) bond motifs is 3. The predicted molar refractivity (Wildman–Crippen MR) is 96.2 cm³/mol. The minimum Gasteiger partial charge on any atom is -0.494 e. The highest BCUT2D eigenvalue weighted by molar-refractivity contribution is 5.81. The summed E-state index contributed by atoms with van der Waals surface area (Å²) in [5, 5.41) is 7.71. The van der Waals surface area contributed by atoms with E-state index in [1.54, 1.807) is 0 Å². The molecule has 2 aromatic carbocycles. The number of nitrogens with one attached hydrogen (secondary N) is 1. The fraction of sp³-hybridized carbons (Fsp3) is 0.200. The van der Waals surface area contributed by atoms with E-state index in [4.69, 9.17) is 10.5 Å². The van der Waals surface area contributed by atoms with E-state index < -0.39 is 0 Å². The second-order valence-corrected chi connectivity index (χ2v) is 6.21. The van der Waals surface area contributed by atoms with E-state index in [0.29, 0.717) is 19.4 Å². The highest BCUT2D eigenvalue weighted by Gasteiger charge is 2.24. The summed E-state index contributed by atoms with van der Waals surface area (Å²) in [5.41, 5.74) is 12.0. The highest BCUT2D eigenvalue weighted by Crippen LogP contribution is 2.40. The number of nitrogens with zero attached hydrogens (tertiary/aromatic N) is 1. The van der Waals surface area contributed by atoms with Crippen molar-refractivity contribution in [3.05, 3.63) is 59.7 Å². The number of aromatic amines is 1. The van der Waals surface area contributed by atoms with Gasteiger partial charge in [-0.1, -0.05) is 36.4 Å². The summed E-state index contributed by atoms with van der Waals surface area (Å²) in [6, 6.07) is 16.3. The van der Waals surface area contributed by atoms with Gasteiger partial charge in [-0.15, -0.1) is 0 Å². The number of carbonyl (C=O) groups is 1. The van der Waals surface area contributed by atoms with Crippen LogP contribution in [-0.2, 0) is 11.2 Å². The Morgan fingerprint density at radius 2 is 2.08 bits per heavy atom. The van der Waals surface area contributed by atoms with Gasteiger partial charge in [0.15, 0.2) is 0 Å². The van der Waals surface area contributed by atoms with Crippen LogP contribution in [0.2, 0.25) is 0 Å². The van der Waals surface area contributed by atoms with Gasteiger partial charge in [-0.25, -0.2) is 0 Å². The molecule has 0 radical (unpaired) electrons. The van der Waals surface area contributed by atoms with E-state index in [9.17, 15) is 4.79 Å². The molecular formula is C20H19N3O2. The molecule has 5 nitrogen and oxygen atoms in total. The number of ether oxygens (including phenoxy) is 1. The van der Waals surface area contributed by atoms with Gasteiger partial charge in [-0.2, -0.15) is 5.10 Å². The maximum absolute atomic E-state index is 10.8. The van der Waals surface area contributed by atoms with E-state index in [2.05, 4.69) is 34.5 Å². The summed E-state index contributed by atoms with van der Waals surface area (Å²) < 4.78 is 5.73. The van der Waals surface area contributed by atoms with Crippen molar-refractivity contribution in [1.82, 2.24) is 10.2 Å². The van der Waals surface area contributed by atoms with Crippen LogP contribution in [0.25, 0.3) is 22.5 Å². The minimum atomic E-state index is -0.302. The molecule has 3 aromatic rings. The van der Waals surface area contributed by atoms with Gasteiger partial charge in [0.25, 0.3) is 0 Å². The van der Waals surface area contributed by atoms with Crippen LogP contribution < -0.4 is 10.5 Å². The summed E-state index contributed by atoms with van der Waals surface area (Å²) >= 11 is 0. The average molecular weight is 333 g/mol. The molecule has 1 aliphatic carbocycles. The van der Waals surface area contributed by atoms with Gasteiger partial charge in [-0.05, 0) is 24.1 Å². The number of hydrogen-bond acceptors (Lipinski definition) is 3. The Balaban J connectivity index is 1.55. The molecule has 4 rings (SSSR count). The molecule has 5 heteroatoms. The Bertz CT molecular complexity index is 930. The molecule has 0 fully saturated rings. The molecule has 0 spiro atoms. The second kappa shape index (κ2) is 6.43. The van der Waals surface area contributed by atoms with Crippen LogP contribution in [0, 0.1) is 0 Å². The molecule has 0 atom stereocenters. The Labute approximate surface area is 145 Å². The number of aromatic nitrogens is 2. The van der Waals surface area contributed by atoms with Crippen LogP contribution >= 0.6 is 0 Å². The van der Waals surface area contributed by atoms with Crippen molar-refractivity contribution < 1.29 is 9.53 Å². The molecule has 0 bridgehead atoms. The number of carbonyl (C=O) groups excluding carboxylic acids is 1. The zero-order valence-electron chi connectivity index (χ0n) is 13.8. The molecule has 1 aliphatic rings. The number of H-pyrrole nitrogens is 1. The fourth-order valence-corrected chi connectivity index (χ4v) is 3.28. The first-order chi connectivity index (χ1) is 12.2. The maximum atomic E-state index is 10.8. The smallest absolute Gasteiger partial charge is 0.217 e. The van der Waals surface area contributed by atoms with Crippen LogP contribution in [-0.4, -0.2) is 22.7 Å². The summed E-state index contributed by atoms with van der Waals surface area (Å²) in [6.07, 6.45) is 1.85. The van der Waals surface area contributed by atoms with Crippen molar-refractivity contribution in [3.8, 4) is 28.3 Å². The highest BCUT2D eigenvalue weighted by atomic mass is 16.5. The van der Waals surface area contributed by atoms with Crippen LogP contribution in [0.4, 0.5) is 0 Å².